The second-order valence-corrected chi connectivity index (χ2v) is 7.03. The van der Waals surface area contributed by atoms with Gasteiger partial charge in [-0.1, -0.05) is 41.9 Å². The number of carbonyl (C=O) groups excluding carboxylic acids is 1. The zero-order valence-electron chi connectivity index (χ0n) is 15.4. The summed E-state index contributed by atoms with van der Waals surface area (Å²) in [5, 5.41) is 3.90. The highest BCUT2D eigenvalue weighted by Crippen LogP contribution is 2.30. The Labute approximate surface area is 174 Å². The van der Waals surface area contributed by atoms with Gasteiger partial charge in [0.05, 0.1) is 10.6 Å². The Bertz CT molecular complexity index is 1490. The van der Waals surface area contributed by atoms with Gasteiger partial charge in [-0.25, -0.2) is 9.78 Å². The first kappa shape index (κ1) is 18.1. The molecule has 6 nitrogen and oxygen atoms in total. The Balaban J connectivity index is 1.47. The molecule has 2 heterocycles. The van der Waals surface area contributed by atoms with Crippen LogP contribution in [-0.4, -0.2) is 10.9 Å². The summed E-state index contributed by atoms with van der Waals surface area (Å²) in [6, 6.07) is 20.8. The van der Waals surface area contributed by atoms with Crippen LogP contribution in [0.2, 0.25) is 5.02 Å². The summed E-state index contributed by atoms with van der Waals surface area (Å²) >= 11 is 6.22. The van der Waals surface area contributed by atoms with E-state index in [4.69, 9.17) is 20.4 Å². The van der Waals surface area contributed by atoms with Gasteiger partial charge in [-0.05, 0) is 36.4 Å². The summed E-state index contributed by atoms with van der Waals surface area (Å²) < 4.78 is 11.0. The van der Waals surface area contributed by atoms with Crippen molar-refractivity contribution in [1.82, 2.24) is 4.98 Å². The van der Waals surface area contributed by atoms with E-state index in [0.29, 0.717) is 44.2 Å². The molecular weight excluding hydrogens is 404 g/mol. The van der Waals surface area contributed by atoms with Crippen LogP contribution < -0.4 is 10.9 Å². The third-order valence-electron chi connectivity index (χ3n) is 4.64. The number of aromatic nitrogens is 1. The predicted molar refractivity (Wildman–Crippen MR) is 115 cm³/mol. The number of anilines is 1. The molecule has 0 fully saturated rings. The molecule has 1 amide bonds. The van der Waals surface area contributed by atoms with Crippen LogP contribution in [0.1, 0.15) is 10.4 Å². The lowest BCUT2D eigenvalue weighted by Crippen LogP contribution is -2.20. The monoisotopic (exact) mass is 416 g/mol. The maximum atomic E-state index is 12.7. The summed E-state index contributed by atoms with van der Waals surface area (Å²) in [4.78, 5) is 29.3. The van der Waals surface area contributed by atoms with E-state index in [0.717, 1.165) is 0 Å². The van der Waals surface area contributed by atoms with Gasteiger partial charge >= 0.3 is 5.63 Å². The molecule has 2 aromatic heterocycles. The van der Waals surface area contributed by atoms with Gasteiger partial charge in [-0.3, -0.25) is 4.79 Å². The average molecular weight is 417 g/mol. The number of rotatable bonds is 3. The van der Waals surface area contributed by atoms with Gasteiger partial charge in [0.15, 0.2) is 5.58 Å². The molecule has 0 unspecified atom stereocenters. The molecule has 7 heteroatoms. The Morgan fingerprint density at radius 1 is 0.900 bits per heavy atom. The van der Waals surface area contributed by atoms with E-state index in [9.17, 15) is 9.59 Å². The summed E-state index contributed by atoms with van der Waals surface area (Å²) in [5.74, 6) is -0.186. The van der Waals surface area contributed by atoms with E-state index in [1.54, 1.807) is 48.5 Å². The molecule has 146 valence electrons. The summed E-state index contributed by atoms with van der Waals surface area (Å²) in [6.07, 6.45) is 0. The molecule has 5 aromatic rings. The number of nitrogens with zero attached hydrogens (tertiary/aromatic N) is 1. The van der Waals surface area contributed by atoms with Crippen molar-refractivity contribution in [3.05, 3.63) is 93.8 Å². The van der Waals surface area contributed by atoms with Crippen molar-refractivity contribution in [2.45, 2.75) is 0 Å². The maximum absolute atomic E-state index is 12.7. The number of nitrogens with one attached hydrogen (secondary N) is 1. The van der Waals surface area contributed by atoms with E-state index in [1.165, 1.54) is 6.07 Å². The number of oxazole rings is 1. The smallest absolute Gasteiger partial charge is 0.349 e. The van der Waals surface area contributed by atoms with E-state index >= 15 is 0 Å². The number of hydrogen-bond acceptors (Lipinski definition) is 5. The highest BCUT2D eigenvalue weighted by Gasteiger charge is 2.16. The minimum Gasteiger partial charge on any atom is -0.436 e. The van der Waals surface area contributed by atoms with Crippen LogP contribution in [0.25, 0.3) is 33.5 Å². The van der Waals surface area contributed by atoms with Crippen LogP contribution in [0.5, 0.6) is 0 Å². The summed E-state index contributed by atoms with van der Waals surface area (Å²) in [7, 11) is 0. The topological polar surface area (TPSA) is 85.3 Å². The molecular formula is C23H13ClN2O4. The van der Waals surface area contributed by atoms with Crippen LogP contribution in [-0.2, 0) is 0 Å². The maximum Gasteiger partial charge on any atom is 0.349 e. The number of hydrogen-bond donors (Lipinski definition) is 1. The molecule has 0 bridgehead atoms. The fraction of sp³-hybridized carbons (Fsp3) is 0. The second-order valence-electron chi connectivity index (χ2n) is 6.62. The van der Waals surface area contributed by atoms with Crippen molar-refractivity contribution in [2.75, 3.05) is 5.32 Å². The molecule has 5 rings (SSSR count). The lowest BCUT2D eigenvalue weighted by Gasteiger charge is -2.05. The van der Waals surface area contributed by atoms with Crippen LogP contribution in [0.4, 0.5) is 5.69 Å². The second kappa shape index (κ2) is 7.17. The highest BCUT2D eigenvalue weighted by atomic mass is 35.5. The van der Waals surface area contributed by atoms with Crippen molar-refractivity contribution < 1.29 is 13.6 Å². The molecule has 0 atom stereocenters. The first-order chi connectivity index (χ1) is 14.6. The minimum absolute atomic E-state index is 0.0804. The van der Waals surface area contributed by atoms with Gasteiger partial charge in [0, 0.05) is 17.1 Å². The molecule has 0 saturated heterocycles. The number of benzene rings is 3. The van der Waals surface area contributed by atoms with Crippen molar-refractivity contribution in [1.29, 1.82) is 0 Å². The Morgan fingerprint density at radius 3 is 2.57 bits per heavy atom. The molecule has 30 heavy (non-hydrogen) atoms. The SMILES string of the molecule is O=C(Nc1ccc2nc(-c3ccccc3Cl)oc2c1)c1cc2ccccc2oc1=O. The van der Waals surface area contributed by atoms with E-state index in [1.807, 2.05) is 18.2 Å². The molecule has 1 N–H and O–H groups in total. The molecule has 0 aliphatic carbocycles. The van der Waals surface area contributed by atoms with Crippen LogP contribution >= 0.6 is 11.6 Å². The van der Waals surface area contributed by atoms with Gasteiger partial charge in [0.25, 0.3) is 5.91 Å². The van der Waals surface area contributed by atoms with Crippen molar-refractivity contribution in [3.8, 4) is 11.5 Å². The average Bonchev–Trinajstić information content (AvgIpc) is 3.16. The molecule has 0 saturated carbocycles. The number of carbonyl (C=O) groups is 1. The van der Waals surface area contributed by atoms with Gasteiger partial charge in [0.1, 0.15) is 16.7 Å². The highest BCUT2D eigenvalue weighted by molar-refractivity contribution is 6.33. The third-order valence-corrected chi connectivity index (χ3v) is 4.97. The van der Waals surface area contributed by atoms with E-state index < -0.39 is 11.5 Å². The Kier molecular flexibility index (Phi) is 4.34. The van der Waals surface area contributed by atoms with Gasteiger partial charge in [-0.15, -0.1) is 0 Å². The predicted octanol–water partition coefficient (Wildman–Crippen LogP) is 5.51. The fourth-order valence-electron chi connectivity index (χ4n) is 3.17. The Morgan fingerprint density at radius 2 is 1.70 bits per heavy atom. The minimum atomic E-state index is -0.701. The van der Waals surface area contributed by atoms with Crippen molar-refractivity contribution in [3.63, 3.8) is 0 Å². The number of fused-ring (bicyclic) bond motifs is 2. The molecule has 0 radical (unpaired) electrons. The number of halogens is 1. The molecule has 0 spiro atoms. The van der Waals surface area contributed by atoms with Crippen LogP contribution in [0.3, 0.4) is 0 Å². The number of para-hydroxylation sites is 1. The van der Waals surface area contributed by atoms with Gasteiger partial charge in [0.2, 0.25) is 5.89 Å². The zero-order valence-corrected chi connectivity index (χ0v) is 16.1. The fourth-order valence-corrected chi connectivity index (χ4v) is 3.39. The number of amides is 1. The Hall–Kier alpha value is -3.90. The normalized spacial score (nSPS) is 11.1. The summed E-state index contributed by atoms with van der Waals surface area (Å²) in [6.45, 7) is 0. The molecule has 0 aliphatic heterocycles. The largest absolute Gasteiger partial charge is 0.436 e. The molecule has 0 aliphatic rings. The first-order valence-corrected chi connectivity index (χ1v) is 9.46. The van der Waals surface area contributed by atoms with E-state index in [-0.39, 0.29) is 5.56 Å². The van der Waals surface area contributed by atoms with Gasteiger partial charge < -0.3 is 14.2 Å². The molecule has 3 aromatic carbocycles. The quantitative estimate of drug-likeness (QED) is 0.392. The van der Waals surface area contributed by atoms with Gasteiger partial charge in [-0.2, -0.15) is 0 Å². The van der Waals surface area contributed by atoms with Crippen LogP contribution in [0, 0.1) is 0 Å². The first-order valence-electron chi connectivity index (χ1n) is 9.08. The standard InChI is InChI=1S/C23H13ClN2O4/c24-17-7-3-2-6-15(17)22-26-18-10-9-14(12-20(18)29-22)25-21(27)16-11-13-5-1-4-8-19(13)30-23(16)28/h1-12H,(H,25,27). The summed E-state index contributed by atoms with van der Waals surface area (Å²) in [5.41, 5.74) is 1.88. The third kappa shape index (κ3) is 3.23. The van der Waals surface area contributed by atoms with Crippen molar-refractivity contribution in [2.24, 2.45) is 0 Å². The lowest BCUT2D eigenvalue weighted by molar-refractivity contribution is 0.102. The van der Waals surface area contributed by atoms with E-state index in [2.05, 4.69) is 10.3 Å². The zero-order chi connectivity index (χ0) is 20.7. The lowest BCUT2D eigenvalue weighted by atomic mass is 10.1. The van der Waals surface area contributed by atoms with Crippen LogP contribution in [0.15, 0.2) is 86.4 Å². The van der Waals surface area contributed by atoms with Crippen molar-refractivity contribution >= 4 is 45.3 Å².